The molecule has 1 unspecified atom stereocenters. The van der Waals surface area contributed by atoms with E-state index in [9.17, 15) is 4.79 Å². The van der Waals surface area contributed by atoms with Crippen LogP contribution in [0.4, 0.5) is 0 Å². The van der Waals surface area contributed by atoms with Gasteiger partial charge in [-0.2, -0.15) is 5.21 Å². The maximum Gasteiger partial charge on any atom is 0.320 e. The van der Waals surface area contributed by atoms with Crippen molar-refractivity contribution < 1.29 is 9.90 Å². The molecule has 7 heteroatoms. The summed E-state index contributed by atoms with van der Waals surface area (Å²) >= 11 is 0. The summed E-state index contributed by atoms with van der Waals surface area (Å²) in [5.74, 6) is -0.963. The summed E-state index contributed by atoms with van der Waals surface area (Å²) in [5.41, 5.74) is 4.84. The third kappa shape index (κ3) is 6.38. The smallest absolute Gasteiger partial charge is 0.320 e. The maximum absolute atomic E-state index is 9.57. The van der Waals surface area contributed by atoms with Gasteiger partial charge in [0.1, 0.15) is 6.04 Å². The van der Waals surface area contributed by atoms with Gasteiger partial charge in [-0.25, -0.2) is 0 Å². The lowest BCUT2D eigenvalue weighted by atomic mass is 10.4. The Labute approximate surface area is 62.6 Å². The number of nitrogens with zero attached hydrogens (tertiary/aromatic N) is 3. The van der Waals surface area contributed by atoms with Crippen molar-refractivity contribution in [1.82, 2.24) is 20.6 Å². The summed E-state index contributed by atoms with van der Waals surface area (Å²) in [6, 6.07) is -0.731. The van der Waals surface area contributed by atoms with Crippen LogP contribution in [0.5, 0.6) is 0 Å². The molecule has 1 rings (SSSR count). The average molecular weight is 159 g/mol. The minimum Gasteiger partial charge on any atom is -0.480 e. The molecule has 1 atom stereocenters. The Morgan fingerprint density at radius 3 is 2.45 bits per heavy atom. The summed E-state index contributed by atoms with van der Waals surface area (Å²) in [4.78, 5) is 9.57. The van der Waals surface area contributed by atoms with Gasteiger partial charge in [0.15, 0.2) is 6.33 Å². The first-order valence-corrected chi connectivity index (χ1v) is 2.79. The second kappa shape index (κ2) is 5.30. The number of carbonyl (C=O) groups is 1. The van der Waals surface area contributed by atoms with E-state index in [0.29, 0.717) is 0 Å². The van der Waals surface area contributed by atoms with Gasteiger partial charge in [0.2, 0.25) is 0 Å². The molecule has 0 spiro atoms. The Kier molecular flexibility index (Phi) is 4.58. The van der Waals surface area contributed by atoms with Crippen LogP contribution in [-0.2, 0) is 4.79 Å². The monoisotopic (exact) mass is 159 g/mol. The van der Waals surface area contributed by atoms with E-state index in [-0.39, 0.29) is 0 Å². The van der Waals surface area contributed by atoms with Gasteiger partial charge in [0.25, 0.3) is 0 Å². The van der Waals surface area contributed by atoms with Gasteiger partial charge < -0.3 is 10.8 Å². The third-order valence-electron chi connectivity index (χ3n) is 0.659. The van der Waals surface area contributed by atoms with E-state index < -0.39 is 12.0 Å². The molecule has 4 N–H and O–H groups in total. The molecule has 62 valence electrons. The van der Waals surface area contributed by atoms with Gasteiger partial charge in [-0.1, -0.05) is 5.21 Å². The fourth-order valence-electron chi connectivity index (χ4n) is 0.129. The van der Waals surface area contributed by atoms with Gasteiger partial charge in [-0.15, -0.1) is 10.2 Å². The Morgan fingerprint density at radius 2 is 2.36 bits per heavy atom. The Hall–Kier alpha value is -1.50. The van der Waals surface area contributed by atoms with Gasteiger partial charge in [-0.3, -0.25) is 4.79 Å². The lowest BCUT2D eigenvalue weighted by Crippen LogP contribution is -2.25. The molecular formula is C4H9N5O2. The quantitative estimate of drug-likeness (QED) is 0.464. The molecule has 0 aliphatic rings. The van der Waals surface area contributed by atoms with Crippen LogP contribution in [0.1, 0.15) is 6.92 Å². The second-order valence-corrected chi connectivity index (χ2v) is 1.69. The van der Waals surface area contributed by atoms with Crippen LogP contribution in [0.3, 0.4) is 0 Å². The first-order valence-electron chi connectivity index (χ1n) is 2.79. The van der Waals surface area contributed by atoms with Crippen molar-refractivity contribution in [3.05, 3.63) is 6.33 Å². The van der Waals surface area contributed by atoms with Crippen molar-refractivity contribution in [1.29, 1.82) is 0 Å². The van der Waals surface area contributed by atoms with Gasteiger partial charge in [-0.05, 0) is 6.92 Å². The molecule has 0 aliphatic carbocycles. The molecule has 0 aromatic carbocycles. The molecule has 7 nitrogen and oxygen atoms in total. The highest BCUT2D eigenvalue weighted by Gasteiger charge is 1.99. The van der Waals surface area contributed by atoms with E-state index in [0.717, 1.165) is 0 Å². The van der Waals surface area contributed by atoms with Crippen LogP contribution in [0, 0.1) is 0 Å². The van der Waals surface area contributed by atoms with E-state index in [1.165, 1.54) is 13.3 Å². The molecule has 0 aliphatic heterocycles. The van der Waals surface area contributed by atoms with Crippen molar-refractivity contribution >= 4 is 5.97 Å². The number of carboxylic acids is 1. The normalized spacial score (nSPS) is 11.1. The molecule has 1 aromatic rings. The molecular weight excluding hydrogens is 150 g/mol. The van der Waals surface area contributed by atoms with Crippen LogP contribution < -0.4 is 5.73 Å². The Morgan fingerprint density at radius 1 is 1.82 bits per heavy atom. The number of H-pyrrole nitrogens is 1. The van der Waals surface area contributed by atoms with Gasteiger partial charge in [0.05, 0.1) is 0 Å². The average Bonchev–Trinajstić information content (AvgIpc) is 2.41. The fourth-order valence-corrected chi connectivity index (χ4v) is 0.129. The standard InChI is InChI=1S/C3H7NO2.CH2N4/c1-2(4)3(5)6;1-2-4-5-3-1/h2H,4H2,1H3,(H,5,6);1H,(H,2,3,4,5). The minimum absolute atomic E-state index is 0.731. The molecule has 0 fully saturated rings. The van der Waals surface area contributed by atoms with Crippen LogP contribution in [0.2, 0.25) is 0 Å². The zero-order valence-corrected chi connectivity index (χ0v) is 5.93. The highest BCUT2D eigenvalue weighted by Crippen LogP contribution is 1.68. The number of aliphatic carboxylic acids is 1. The predicted octanol–water partition coefficient (Wildman–Crippen LogP) is -1.38. The van der Waals surface area contributed by atoms with E-state index in [1.54, 1.807) is 0 Å². The fraction of sp³-hybridized carbons (Fsp3) is 0.500. The molecule has 1 aromatic heterocycles. The Bertz CT molecular complexity index is 167. The summed E-state index contributed by atoms with van der Waals surface area (Å²) in [5, 5.41) is 20.0. The van der Waals surface area contributed by atoms with Crippen molar-refractivity contribution in [3.8, 4) is 0 Å². The summed E-state index contributed by atoms with van der Waals surface area (Å²) in [7, 11) is 0. The second-order valence-electron chi connectivity index (χ2n) is 1.69. The molecule has 11 heavy (non-hydrogen) atoms. The van der Waals surface area contributed by atoms with E-state index in [2.05, 4.69) is 20.6 Å². The van der Waals surface area contributed by atoms with Crippen LogP contribution in [0.15, 0.2) is 6.33 Å². The number of rotatable bonds is 1. The molecule has 0 saturated carbocycles. The number of nitrogens with two attached hydrogens (primary N) is 1. The van der Waals surface area contributed by atoms with E-state index in [1.807, 2.05) is 0 Å². The number of tetrazole rings is 1. The van der Waals surface area contributed by atoms with E-state index >= 15 is 0 Å². The van der Waals surface area contributed by atoms with Crippen molar-refractivity contribution in [2.45, 2.75) is 13.0 Å². The van der Waals surface area contributed by atoms with Crippen LogP contribution >= 0.6 is 0 Å². The Balaban J connectivity index is 0.000000183. The molecule has 0 saturated heterocycles. The van der Waals surface area contributed by atoms with Crippen LogP contribution in [-0.4, -0.2) is 37.7 Å². The number of hydrogen-bond donors (Lipinski definition) is 3. The zero-order chi connectivity index (χ0) is 8.69. The number of hydrogen-bond acceptors (Lipinski definition) is 5. The summed E-state index contributed by atoms with van der Waals surface area (Å²) in [6.45, 7) is 1.42. The highest BCUT2D eigenvalue weighted by molar-refractivity contribution is 5.72. The number of aromatic nitrogens is 4. The molecule has 0 bridgehead atoms. The highest BCUT2D eigenvalue weighted by atomic mass is 16.4. The van der Waals surface area contributed by atoms with Gasteiger partial charge >= 0.3 is 5.97 Å². The maximum atomic E-state index is 9.57. The topological polar surface area (TPSA) is 118 Å². The zero-order valence-electron chi connectivity index (χ0n) is 5.93. The number of nitrogens with one attached hydrogen (secondary N) is 1. The van der Waals surface area contributed by atoms with Gasteiger partial charge in [0, 0.05) is 0 Å². The third-order valence-corrected chi connectivity index (χ3v) is 0.659. The number of aromatic amines is 1. The molecule has 0 amide bonds. The lowest BCUT2D eigenvalue weighted by molar-refractivity contribution is -0.138. The number of carboxylic acid groups (broad SMARTS) is 1. The largest absolute Gasteiger partial charge is 0.480 e. The lowest BCUT2D eigenvalue weighted by Gasteiger charge is -1.90. The molecule has 1 heterocycles. The van der Waals surface area contributed by atoms with Crippen molar-refractivity contribution in [2.75, 3.05) is 0 Å². The first-order chi connectivity index (χ1) is 5.14. The first kappa shape index (κ1) is 9.50. The summed E-state index contributed by atoms with van der Waals surface area (Å²) in [6.07, 6.45) is 1.33. The van der Waals surface area contributed by atoms with Crippen molar-refractivity contribution in [3.63, 3.8) is 0 Å². The molecule has 0 radical (unpaired) electrons. The van der Waals surface area contributed by atoms with Crippen molar-refractivity contribution in [2.24, 2.45) is 5.73 Å². The van der Waals surface area contributed by atoms with Crippen LogP contribution in [0.25, 0.3) is 0 Å². The van der Waals surface area contributed by atoms with E-state index in [4.69, 9.17) is 10.8 Å². The predicted molar refractivity (Wildman–Crippen MR) is 35.5 cm³/mol. The SMILES string of the molecule is CC(N)C(=O)O.c1nn[nH]n1. The minimum atomic E-state index is -0.963. The summed E-state index contributed by atoms with van der Waals surface area (Å²) < 4.78 is 0.